The quantitative estimate of drug-likeness (QED) is 0.710. The Bertz CT molecular complexity index is 914. The normalized spacial score (nSPS) is 20.9. The number of anilines is 2. The van der Waals surface area contributed by atoms with Gasteiger partial charge in [0, 0.05) is 31.9 Å². The van der Waals surface area contributed by atoms with Crippen molar-refractivity contribution in [2.24, 2.45) is 0 Å². The number of carbonyl (C=O) groups is 2. The smallest absolute Gasteiger partial charge is 0.251 e. The van der Waals surface area contributed by atoms with E-state index in [9.17, 15) is 14.0 Å². The Morgan fingerprint density at radius 2 is 1.50 bits per heavy atom. The van der Waals surface area contributed by atoms with Crippen molar-refractivity contribution in [1.29, 1.82) is 0 Å². The molecule has 2 fully saturated rings. The summed E-state index contributed by atoms with van der Waals surface area (Å²) >= 11 is 12.1. The highest BCUT2D eigenvalue weighted by molar-refractivity contribution is 6.42. The third kappa shape index (κ3) is 3.60. The van der Waals surface area contributed by atoms with Gasteiger partial charge >= 0.3 is 0 Å². The van der Waals surface area contributed by atoms with Gasteiger partial charge in [-0.3, -0.25) is 14.5 Å². The highest BCUT2D eigenvalue weighted by Gasteiger charge is 2.43. The SMILES string of the molecule is O=C1C[C@@H](N2CCN(c3ccc(Cl)c(Cl)c3)CC2)C(=O)N1c1ccc(F)cc1. The predicted molar refractivity (Wildman–Crippen MR) is 108 cm³/mol. The zero-order valence-corrected chi connectivity index (χ0v) is 16.5. The average Bonchev–Trinajstić information content (AvgIpc) is 2.99. The van der Waals surface area contributed by atoms with E-state index in [1.807, 2.05) is 17.0 Å². The minimum Gasteiger partial charge on any atom is -0.369 e. The van der Waals surface area contributed by atoms with Gasteiger partial charge in [0.1, 0.15) is 5.82 Å². The molecular weight excluding hydrogens is 404 g/mol. The van der Waals surface area contributed by atoms with Crippen LogP contribution in [0.5, 0.6) is 0 Å². The molecule has 0 aliphatic carbocycles. The van der Waals surface area contributed by atoms with Gasteiger partial charge in [0.2, 0.25) is 5.91 Å². The Morgan fingerprint density at radius 3 is 2.14 bits per heavy atom. The lowest BCUT2D eigenvalue weighted by Crippen LogP contribution is -2.52. The van der Waals surface area contributed by atoms with E-state index in [0.717, 1.165) is 10.6 Å². The van der Waals surface area contributed by atoms with Crippen LogP contribution >= 0.6 is 23.2 Å². The topological polar surface area (TPSA) is 43.9 Å². The van der Waals surface area contributed by atoms with Crippen molar-refractivity contribution in [3.8, 4) is 0 Å². The van der Waals surface area contributed by atoms with Crippen LogP contribution in [-0.4, -0.2) is 48.9 Å². The van der Waals surface area contributed by atoms with Crippen LogP contribution in [0, 0.1) is 5.82 Å². The maximum absolute atomic E-state index is 13.1. The Kier molecular flexibility index (Phi) is 5.27. The standard InChI is InChI=1S/C20H18Cl2FN3O2/c21-16-6-5-15(11-17(16)22)24-7-9-25(10-8-24)18-12-19(27)26(20(18)28)14-3-1-13(23)2-4-14/h1-6,11,18H,7-10,12H2/t18-/m1/s1. The molecule has 0 N–H and O–H groups in total. The first-order valence-corrected chi connectivity index (χ1v) is 9.76. The van der Waals surface area contributed by atoms with Gasteiger partial charge in [-0.15, -0.1) is 0 Å². The number of carbonyl (C=O) groups excluding carboxylic acids is 2. The lowest BCUT2D eigenvalue weighted by atomic mass is 10.1. The van der Waals surface area contributed by atoms with Crippen LogP contribution < -0.4 is 9.80 Å². The fourth-order valence-electron chi connectivity index (χ4n) is 3.74. The molecule has 28 heavy (non-hydrogen) atoms. The molecule has 5 nitrogen and oxygen atoms in total. The number of imide groups is 1. The maximum atomic E-state index is 13.1. The number of nitrogens with zero attached hydrogens (tertiary/aromatic N) is 3. The van der Waals surface area contributed by atoms with Crippen LogP contribution in [0.2, 0.25) is 10.0 Å². The zero-order valence-electron chi connectivity index (χ0n) is 14.9. The van der Waals surface area contributed by atoms with Gasteiger partial charge in [-0.2, -0.15) is 0 Å². The van der Waals surface area contributed by atoms with Crippen LogP contribution in [0.3, 0.4) is 0 Å². The van der Waals surface area contributed by atoms with Gasteiger partial charge in [0.15, 0.2) is 0 Å². The minimum atomic E-state index is -0.478. The second kappa shape index (κ2) is 7.70. The third-order valence-electron chi connectivity index (χ3n) is 5.23. The van der Waals surface area contributed by atoms with E-state index in [1.165, 1.54) is 24.3 Å². The second-order valence-electron chi connectivity index (χ2n) is 6.89. The molecule has 2 amide bonds. The first kappa shape index (κ1) is 19.2. The minimum absolute atomic E-state index is 0.142. The van der Waals surface area contributed by atoms with E-state index in [4.69, 9.17) is 23.2 Å². The van der Waals surface area contributed by atoms with E-state index in [-0.39, 0.29) is 18.2 Å². The van der Waals surface area contributed by atoms with E-state index in [2.05, 4.69) is 4.90 Å². The van der Waals surface area contributed by atoms with Crippen molar-refractivity contribution in [1.82, 2.24) is 4.90 Å². The van der Waals surface area contributed by atoms with E-state index in [0.29, 0.717) is 41.9 Å². The molecule has 8 heteroatoms. The van der Waals surface area contributed by atoms with Crippen LogP contribution in [0.1, 0.15) is 6.42 Å². The molecule has 0 radical (unpaired) electrons. The van der Waals surface area contributed by atoms with E-state index < -0.39 is 11.9 Å². The Hall–Kier alpha value is -2.15. The monoisotopic (exact) mass is 421 g/mol. The van der Waals surface area contributed by atoms with Crippen molar-refractivity contribution in [3.05, 3.63) is 58.3 Å². The number of rotatable bonds is 3. The maximum Gasteiger partial charge on any atom is 0.251 e. The molecule has 4 rings (SSSR count). The number of halogens is 3. The summed E-state index contributed by atoms with van der Waals surface area (Å²) in [5.41, 5.74) is 1.39. The molecule has 1 atom stereocenters. The molecule has 0 unspecified atom stereocenters. The Balaban J connectivity index is 1.43. The van der Waals surface area contributed by atoms with Gasteiger partial charge in [-0.25, -0.2) is 9.29 Å². The largest absolute Gasteiger partial charge is 0.369 e. The second-order valence-corrected chi connectivity index (χ2v) is 7.70. The predicted octanol–water partition coefficient (Wildman–Crippen LogP) is 3.59. The van der Waals surface area contributed by atoms with Crippen LogP contribution in [-0.2, 0) is 9.59 Å². The average molecular weight is 422 g/mol. The molecule has 2 heterocycles. The third-order valence-corrected chi connectivity index (χ3v) is 5.97. The number of amides is 2. The van der Waals surface area contributed by atoms with Crippen molar-refractivity contribution < 1.29 is 14.0 Å². The van der Waals surface area contributed by atoms with E-state index in [1.54, 1.807) is 6.07 Å². The number of hydrogen-bond acceptors (Lipinski definition) is 4. The summed E-state index contributed by atoms with van der Waals surface area (Å²) in [5, 5.41) is 1.02. The highest BCUT2D eigenvalue weighted by Crippen LogP contribution is 2.30. The van der Waals surface area contributed by atoms with Gasteiger partial charge in [0.05, 0.1) is 28.2 Å². The van der Waals surface area contributed by atoms with Gasteiger partial charge < -0.3 is 4.90 Å². The molecule has 0 spiro atoms. The number of piperazine rings is 1. The van der Waals surface area contributed by atoms with Gasteiger partial charge in [0.25, 0.3) is 5.91 Å². The van der Waals surface area contributed by atoms with Crippen molar-refractivity contribution in [2.45, 2.75) is 12.5 Å². The van der Waals surface area contributed by atoms with Crippen molar-refractivity contribution in [3.63, 3.8) is 0 Å². The first-order chi connectivity index (χ1) is 13.4. The van der Waals surface area contributed by atoms with Crippen LogP contribution in [0.25, 0.3) is 0 Å². The molecule has 2 aromatic rings. The summed E-state index contributed by atoms with van der Waals surface area (Å²) in [6.45, 7) is 2.74. The summed E-state index contributed by atoms with van der Waals surface area (Å²) < 4.78 is 13.1. The molecular formula is C20H18Cl2FN3O2. The Morgan fingerprint density at radius 1 is 0.857 bits per heavy atom. The van der Waals surface area contributed by atoms with Gasteiger partial charge in [-0.05, 0) is 42.5 Å². The van der Waals surface area contributed by atoms with Crippen molar-refractivity contribution >= 4 is 46.4 Å². The molecule has 2 aromatic carbocycles. The van der Waals surface area contributed by atoms with Crippen LogP contribution in [0.4, 0.5) is 15.8 Å². The number of hydrogen-bond donors (Lipinski definition) is 0. The number of benzene rings is 2. The molecule has 0 saturated carbocycles. The first-order valence-electron chi connectivity index (χ1n) is 9.00. The summed E-state index contributed by atoms with van der Waals surface area (Å²) in [6.07, 6.45) is 0.142. The zero-order chi connectivity index (χ0) is 19.8. The summed E-state index contributed by atoms with van der Waals surface area (Å²) in [5.74, 6) is -0.911. The summed E-state index contributed by atoms with van der Waals surface area (Å²) in [6, 6.07) is 10.5. The van der Waals surface area contributed by atoms with E-state index >= 15 is 0 Å². The molecule has 0 aromatic heterocycles. The lowest BCUT2D eigenvalue weighted by Gasteiger charge is -2.38. The fourth-order valence-corrected chi connectivity index (χ4v) is 4.03. The fraction of sp³-hybridized carbons (Fsp3) is 0.300. The van der Waals surface area contributed by atoms with Crippen molar-refractivity contribution in [2.75, 3.05) is 36.0 Å². The molecule has 0 bridgehead atoms. The molecule has 2 aliphatic heterocycles. The lowest BCUT2D eigenvalue weighted by molar-refractivity contribution is -0.123. The highest BCUT2D eigenvalue weighted by atomic mass is 35.5. The van der Waals surface area contributed by atoms with Crippen LogP contribution in [0.15, 0.2) is 42.5 Å². The molecule has 2 aliphatic rings. The summed E-state index contributed by atoms with van der Waals surface area (Å²) in [4.78, 5) is 30.7. The summed E-state index contributed by atoms with van der Waals surface area (Å²) in [7, 11) is 0. The van der Waals surface area contributed by atoms with Gasteiger partial charge in [-0.1, -0.05) is 23.2 Å². The molecule has 2 saturated heterocycles. The Labute approximate surface area is 172 Å². The molecule has 146 valence electrons.